The van der Waals surface area contributed by atoms with Gasteiger partial charge in [-0.05, 0) is 83.9 Å². The number of hydrogen-bond donors (Lipinski definition) is 1. The first-order valence-electron chi connectivity index (χ1n) is 15.1. The second-order valence-electron chi connectivity index (χ2n) is 12.7. The number of nitrogens with zero attached hydrogens (tertiary/aromatic N) is 6. The molecule has 10 nitrogen and oxygen atoms in total. The van der Waals surface area contributed by atoms with Crippen LogP contribution in [-0.2, 0) is 9.47 Å². The normalized spacial score (nSPS) is 24.0. The maximum absolute atomic E-state index is 15.7. The molecule has 226 valence electrons. The number of thiazole rings is 1. The fourth-order valence-electron chi connectivity index (χ4n) is 6.68. The first kappa shape index (κ1) is 28.1. The van der Waals surface area contributed by atoms with Crippen molar-refractivity contribution in [2.75, 3.05) is 11.9 Å². The number of aromatic nitrogens is 5. The van der Waals surface area contributed by atoms with E-state index in [2.05, 4.69) is 25.6 Å². The van der Waals surface area contributed by atoms with Gasteiger partial charge in [-0.25, -0.2) is 18.9 Å². The van der Waals surface area contributed by atoms with Crippen LogP contribution in [0.2, 0.25) is 0 Å². The Kier molecular flexibility index (Phi) is 7.29. The monoisotopic (exact) mass is 605 g/mol. The first-order chi connectivity index (χ1) is 20.7. The van der Waals surface area contributed by atoms with Crippen molar-refractivity contribution < 1.29 is 18.7 Å². The standard InChI is InChI=1S/C31H36FN7O3S/c1-31(2,3)42-30(40)39-20-7-8-21(39)13-19(12-20)35-25-10-9-24(36-37-25)22-14-23(32)27(28-29(22)43-17-33-28)18-15-34-38(16-18)26-6-4-5-11-41-26/h9-10,14-17,19-21,26H,4-8,11-13H2,1-3H3,(H,35,37)/t19?,20-,21+,26?. The van der Waals surface area contributed by atoms with E-state index in [1.54, 1.807) is 16.4 Å². The zero-order valence-corrected chi connectivity index (χ0v) is 25.4. The van der Waals surface area contributed by atoms with Crippen LogP contribution in [0.1, 0.15) is 71.9 Å². The van der Waals surface area contributed by atoms with Crippen LogP contribution in [0.4, 0.5) is 15.0 Å². The molecule has 0 spiro atoms. The molecule has 2 unspecified atom stereocenters. The minimum atomic E-state index is -0.510. The molecule has 0 radical (unpaired) electrons. The van der Waals surface area contributed by atoms with Crippen molar-refractivity contribution >= 4 is 33.5 Å². The minimum Gasteiger partial charge on any atom is -0.444 e. The van der Waals surface area contributed by atoms with Gasteiger partial charge in [-0.1, -0.05) is 0 Å². The fourth-order valence-corrected chi connectivity index (χ4v) is 7.50. The maximum atomic E-state index is 15.7. The molecule has 0 aliphatic carbocycles. The molecule has 1 amide bonds. The summed E-state index contributed by atoms with van der Waals surface area (Å²) in [6, 6.07) is 5.76. The lowest BCUT2D eigenvalue weighted by Gasteiger charge is -2.39. The molecule has 1 N–H and O–H groups in total. The lowest BCUT2D eigenvalue weighted by Crippen LogP contribution is -2.51. The molecule has 3 fully saturated rings. The number of carbonyl (C=O) groups excluding carboxylic acids is 1. The second kappa shape index (κ2) is 11.1. The van der Waals surface area contributed by atoms with Gasteiger partial charge in [-0.3, -0.25) is 0 Å². The third kappa shape index (κ3) is 5.58. The summed E-state index contributed by atoms with van der Waals surface area (Å²) in [6.45, 7) is 6.41. The number of carbonyl (C=O) groups is 1. The Hall–Kier alpha value is -3.64. The Bertz CT molecular complexity index is 1610. The Labute approximate surface area is 253 Å². The number of fused-ring (bicyclic) bond motifs is 3. The Morgan fingerprint density at radius 2 is 1.95 bits per heavy atom. The number of rotatable bonds is 5. The van der Waals surface area contributed by atoms with Gasteiger partial charge in [0.1, 0.15) is 23.5 Å². The first-order valence-corrected chi connectivity index (χ1v) is 16.0. The van der Waals surface area contributed by atoms with Gasteiger partial charge in [0, 0.05) is 47.6 Å². The lowest BCUT2D eigenvalue weighted by molar-refractivity contribution is -0.0394. The largest absolute Gasteiger partial charge is 0.444 e. The molecule has 43 heavy (non-hydrogen) atoms. The smallest absolute Gasteiger partial charge is 0.410 e. The van der Waals surface area contributed by atoms with Crippen LogP contribution in [0, 0.1) is 5.82 Å². The van der Waals surface area contributed by atoms with E-state index in [-0.39, 0.29) is 36.3 Å². The molecule has 1 aromatic carbocycles. The third-order valence-electron chi connectivity index (χ3n) is 8.53. The van der Waals surface area contributed by atoms with Crippen LogP contribution in [0.5, 0.6) is 0 Å². The number of amides is 1. The van der Waals surface area contributed by atoms with E-state index in [0.717, 1.165) is 49.6 Å². The number of piperidine rings is 1. The van der Waals surface area contributed by atoms with Gasteiger partial charge in [-0.2, -0.15) is 5.10 Å². The second-order valence-corrected chi connectivity index (χ2v) is 13.6. The predicted molar refractivity (Wildman–Crippen MR) is 162 cm³/mol. The van der Waals surface area contributed by atoms with Crippen LogP contribution >= 0.6 is 11.3 Å². The predicted octanol–water partition coefficient (Wildman–Crippen LogP) is 6.80. The van der Waals surface area contributed by atoms with Crippen LogP contribution < -0.4 is 5.32 Å². The van der Waals surface area contributed by atoms with Crippen LogP contribution in [0.25, 0.3) is 32.6 Å². The van der Waals surface area contributed by atoms with Crippen molar-refractivity contribution in [3.63, 3.8) is 0 Å². The highest BCUT2D eigenvalue weighted by atomic mass is 32.1. The van der Waals surface area contributed by atoms with E-state index in [0.29, 0.717) is 40.3 Å². The summed E-state index contributed by atoms with van der Waals surface area (Å²) < 4.78 is 29.9. The Morgan fingerprint density at radius 1 is 1.14 bits per heavy atom. The average molecular weight is 606 g/mol. The van der Waals surface area contributed by atoms with E-state index < -0.39 is 5.60 Å². The van der Waals surface area contributed by atoms with E-state index in [1.807, 2.05) is 44.0 Å². The van der Waals surface area contributed by atoms with Crippen molar-refractivity contribution in [3.05, 3.63) is 41.9 Å². The minimum absolute atomic E-state index is 0.120. The quantitative estimate of drug-likeness (QED) is 0.265. The Morgan fingerprint density at radius 3 is 2.65 bits per heavy atom. The summed E-state index contributed by atoms with van der Waals surface area (Å²) in [5.41, 5.74) is 4.14. The summed E-state index contributed by atoms with van der Waals surface area (Å²) in [5, 5.41) is 16.9. The van der Waals surface area contributed by atoms with E-state index in [1.165, 1.54) is 17.4 Å². The molecule has 12 heteroatoms. The van der Waals surface area contributed by atoms with Crippen LogP contribution in [0.15, 0.2) is 36.1 Å². The topological polar surface area (TPSA) is 107 Å². The maximum Gasteiger partial charge on any atom is 0.410 e. The summed E-state index contributed by atoms with van der Waals surface area (Å²) in [5.74, 6) is 0.280. The molecule has 4 aromatic rings. The molecule has 3 aliphatic rings. The number of benzene rings is 1. The van der Waals surface area contributed by atoms with Gasteiger partial charge in [0.15, 0.2) is 0 Å². The number of hydrogen-bond acceptors (Lipinski definition) is 9. The highest BCUT2D eigenvalue weighted by Gasteiger charge is 2.45. The Balaban J connectivity index is 1.07. The molecule has 2 bridgehead atoms. The summed E-state index contributed by atoms with van der Waals surface area (Å²) in [6.07, 6.45) is 9.84. The van der Waals surface area contributed by atoms with Crippen molar-refractivity contribution in [2.24, 2.45) is 0 Å². The zero-order chi connectivity index (χ0) is 29.7. The number of anilines is 1. The molecule has 3 saturated heterocycles. The summed E-state index contributed by atoms with van der Waals surface area (Å²) >= 11 is 1.45. The van der Waals surface area contributed by atoms with Crippen molar-refractivity contribution in [1.82, 2.24) is 29.9 Å². The van der Waals surface area contributed by atoms with E-state index in [9.17, 15) is 4.79 Å². The molecular formula is C31H36FN7O3S. The van der Waals surface area contributed by atoms with Crippen LogP contribution in [-0.4, -0.2) is 66.3 Å². The molecule has 6 heterocycles. The highest BCUT2D eigenvalue weighted by molar-refractivity contribution is 7.17. The van der Waals surface area contributed by atoms with Gasteiger partial charge in [0.25, 0.3) is 0 Å². The highest BCUT2D eigenvalue weighted by Crippen LogP contribution is 2.40. The fraction of sp³-hybridized carbons (Fsp3) is 0.516. The van der Waals surface area contributed by atoms with Gasteiger partial charge < -0.3 is 19.7 Å². The molecule has 3 aromatic heterocycles. The SMILES string of the molecule is CC(C)(C)OC(=O)N1[C@@H]2CC[C@H]1CC(Nc1ccc(-c3cc(F)c(-c4cnn(C5CCCCO5)c4)c4ncsc34)nn1)C2. The zero-order valence-electron chi connectivity index (χ0n) is 24.6. The van der Waals surface area contributed by atoms with Gasteiger partial charge >= 0.3 is 6.09 Å². The average Bonchev–Trinajstić information content (AvgIpc) is 3.71. The molecular weight excluding hydrogens is 569 g/mol. The van der Waals surface area contributed by atoms with Crippen LogP contribution in [0.3, 0.4) is 0 Å². The number of ether oxygens (including phenoxy) is 2. The van der Waals surface area contributed by atoms with E-state index in [4.69, 9.17) is 9.47 Å². The number of nitrogens with one attached hydrogen (secondary N) is 1. The lowest BCUT2D eigenvalue weighted by atomic mass is 9.97. The molecule has 7 rings (SSSR count). The van der Waals surface area contributed by atoms with Crippen molar-refractivity contribution in [1.29, 1.82) is 0 Å². The van der Waals surface area contributed by atoms with Crippen molar-refractivity contribution in [2.45, 2.75) is 95.7 Å². The van der Waals surface area contributed by atoms with Gasteiger partial charge in [0.05, 0.1) is 27.6 Å². The van der Waals surface area contributed by atoms with E-state index >= 15 is 4.39 Å². The molecule has 0 saturated carbocycles. The summed E-state index contributed by atoms with van der Waals surface area (Å²) in [4.78, 5) is 19.3. The van der Waals surface area contributed by atoms with Gasteiger partial charge in [0.2, 0.25) is 0 Å². The third-order valence-corrected chi connectivity index (χ3v) is 9.39. The number of halogens is 1. The van der Waals surface area contributed by atoms with Crippen molar-refractivity contribution in [3.8, 4) is 22.4 Å². The summed E-state index contributed by atoms with van der Waals surface area (Å²) in [7, 11) is 0. The molecule has 3 aliphatic heterocycles. The molecule has 4 atom stereocenters. The van der Waals surface area contributed by atoms with Gasteiger partial charge in [-0.15, -0.1) is 21.5 Å².